The van der Waals surface area contributed by atoms with Gasteiger partial charge in [-0.05, 0) is 74.3 Å². The summed E-state index contributed by atoms with van der Waals surface area (Å²) >= 11 is 0. The highest BCUT2D eigenvalue weighted by Crippen LogP contribution is 2.36. The molecule has 0 bridgehead atoms. The third-order valence-electron chi connectivity index (χ3n) is 5.89. The molecule has 0 atom stereocenters. The predicted molar refractivity (Wildman–Crippen MR) is 130 cm³/mol. The molecular weight excluding hydrogens is 366 g/mol. The Hall–Kier alpha value is -3.49. The molecule has 0 aliphatic carbocycles. The number of quaternary nitrogens is 1. The second kappa shape index (κ2) is 6.79. The van der Waals surface area contributed by atoms with E-state index in [1.807, 2.05) is 12.1 Å². The Bertz CT molecular complexity index is 1400. The molecule has 0 saturated carbocycles. The van der Waals surface area contributed by atoms with Crippen molar-refractivity contribution in [1.82, 2.24) is 4.48 Å². The molecule has 2 heteroatoms. The molecule has 0 unspecified atom stereocenters. The largest absolute Gasteiger partial charge is 0.298 e. The lowest BCUT2D eigenvalue weighted by atomic mass is 9.91. The van der Waals surface area contributed by atoms with Crippen molar-refractivity contribution in [2.75, 3.05) is 21.1 Å². The first-order valence-corrected chi connectivity index (χ1v) is 10.2. The average Bonchev–Trinajstić information content (AvgIpc) is 2.75. The van der Waals surface area contributed by atoms with Gasteiger partial charge >= 0.3 is 0 Å². The highest BCUT2D eigenvalue weighted by molar-refractivity contribution is 6.27. The molecule has 0 heterocycles. The summed E-state index contributed by atoms with van der Waals surface area (Å²) in [6.07, 6.45) is 3.59. The van der Waals surface area contributed by atoms with Crippen LogP contribution in [-0.4, -0.2) is 26.9 Å². The van der Waals surface area contributed by atoms with E-state index in [0.29, 0.717) is 0 Å². The van der Waals surface area contributed by atoms with Crippen molar-refractivity contribution < 1.29 is 4.79 Å². The van der Waals surface area contributed by atoms with Gasteiger partial charge in [0.2, 0.25) is 0 Å². The topological polar surface area (TPSA) is 17.1 Å². The minimum atomic E-state index is 0.0311. The van der Waals surface area contributed by atoms with E-state index in [1.54, 1.807) is 6.08 Å². The monoisotopic (exact) mass is 390 g/mol. The first-order valence-electron chi connectivity index (χ1n) is 10.2. The van der Waals surface area contributed by atoms with Gasteiger partial charge in [0.05, 0.1) is 21.1 Å². The zero-order valence-corrected chi connectivity index (χ0v) is 17.5. The van der Waals surface area contributed by atoms with Crippen molar-refractivity contribution in [3.63, 3.8) is 0 Å². The fraction of sp³-hybridized carbons (Fsp3) is 0.107. The molecule has 0 radical (unpaired) electrons. The van der Waals surface area contributed by atoms with Crippen LogP contribution in [0.25, 0.3) is 38.4 Å². The minimum Gasteiger partial charge on any atom is -0.298 e. The molecule has 0 aromatic heterocycles. The van der Waals surface area contributed by atoms with Crippen LogP contribution in [0.5, 0.6) is 0 Å². The van der Waals surface area contributed by atoms with Crippen molar-refractivity contribution in [2.45, 2.75) is 0 Å². The summed E-state index contributed by atoms with van der Waals surface area (Å²) in [4.78, 5) is 13.1. The van der Waals surface area contributed by atoms with E-state index >= 15 is 0 Å². The molecule has 0 amide bonds. The second-order valence-corrected chi connectivity index (χ2v) is 8.77. The quantitative estimate of drug-likeness (QED) is 0.145. The Kier molecular flexibility index (Phi) is 4.19. The summed E-state index contributed by atoms with van der Waals surface area (Å²) in [5, 5.41) is 7.03. The van der Waals surface area contributed by atoms with Gasteiger partial charge in [0.25, 0.3) is 0 Å². The van der Waals surface area contributed by atoms with Crippen LogP contribution in [0, 0.1) is 0 Å². The number of benzene rings is 5. The van der Waals surface area contributed by atoms with E-state index in [2.05, 4.69) is 93.9 Å². The fourth-order valence-electron chi connectivity index (χ4n) is 4.24. The molecule has 2 nitrogen and oxygen atoms in total. The van der Waals surface area contributed by atoms with E-state index in [0.717, 1.165) is 21.0 Å². The number of hydrogen-bond acceptors (Lipinski definition) is 1. The van der Waals surface area contributed by atoms with Gasteiger partial charge in [0.1, 0.15) is 5.69 Å². The summed E-state index contributed by atoms with van der Waals surface area (Å²) in [5.41, 5.74) is 3.00. The Morgan fingerprint density at radius 1 is 0.700 bits per heavy atom. The molecule has 0 N–H and O–H groups in total. The molecule has 30 heavy (non-hydrogen) atoms. The van der Waals surface area contributed by atoms with Gasteiger partial charge in [-0.15, -0.1) is 0 Å². The molecule has 0 fully saturated rings. The first-order chi connectivity index (χ1) is 14.4. The maximum Gasteiger partial charge on any atom is 0.186 e. The molecule has 0 aliphatic heterocycles. The van der Waals surface area contributed by atoms with E-state index in [4.69, 9.17) is 0 Å². The summed E-state index contributed by atoms with van der Waals surface area (Å²) in [5.74, 6) is 0.0311. The number of ketones is 1. The van der Waals surface area contributed by atoms with Crippen LogP contribution in [0.2, 0.25) is 0 Å². The highest BCUT2D eigenvalue weighted by Gasteiger charge is 2.14. The first kappa shape index (κ1) is 18.5. The summed E-state index contributed by atoms with van der Waals surface area (Å²) in [6, 6.07) is 27.2. The molecule has 5 aromatic rings. The van der Waals surface area contributed by atoms with Crippen LogP contribution < -0.4 is 4.48 Å². The van der Waals surface area contributed by atoms with Gasteiger partial charge < -0.3 is 0 Å². The van der Waals surface area contributed by atoms with E-state index in [-0.39, 0.29) is 5.78 Å². The lowest BCUT2D eigenvalue weighted by Crippen LogP contribution is -2.34. The van der Waals surface area contributed by atoms with E-state index in [9.17, 15) is 4.79 Å². The Labute approximate surface area is 176 Å². The van der Waals surface area contributed by atoms with Crippen LogP contribution in [0.15, 0.2) is 84.9 Å². The van der Waals surface area contributed by atoms with Gasteiger partial charge in [-0.25, -0.2) is 0 Å². The number of nitrogens with zero attached hydrogens (tertiary/aromatic N) is 1. The zero-order chi connectivity index (χ0) is 20.9. The number of carbonyl (C=O) groups is 1. The summed E-state index contributed by atoms with van der Waals surface area (Å²) < 4.78 is 0.769. The van der Waals surface area contributed by atoms with Crippen LogP contribution in [0.1, 0.15) is 15.9 Å². The number of hydrogen-bond donors (Lipinski definition) is 0. The highest BCUT2D eigenvalue weighted by atomic mass is 16.1. The molecule has 5 aromatic carbocycles. The summed E-state index contributed by atoms with van der Waals surface area (Å²) in [6.45, 7) is 0. The normalized spacial score (nSPS) is 12.5. The standard InChI is InChI=1S/C28H24NO/c1-29(2,3)23-14-7-19(8-15-23)9-18-26(30)24-16-12-22-11-10-20-5-4-6-21-13-17-25(24)28(22)27(20)21/h4-18H,1-3H3/q+1/b18-9+. The van der Waals surface area contributed by atoms with Crippen LogP contribution >= 0.6 is 0 Å². The fourth-order valence-corrected chi connectivity index (χ4v) is 4.24. The molecule has 0 aliphatic rings. The predicted octanol–water partition coefficient (Wildman–Crippen LogP) is 6.68. The Morgan fingerprint density at radius 2 is 1.30 bits per heavy atom. The Morgan fingerprint density at radius 3 is 1.97 bits per heavy atom. The molecular formula is C28H24NO+. The number of allylic oxidation sites excluding steroid dienone is 1. The van der Waals surface area contributed by atoms with Crippen LogP contribution in [-0.2, 0) is 0 Å². The molecule has 146 valence electrons. The van der Waals surface area contributed by atoms with Crippen molar-refractivity contribution in [2.24, 2.45) is 0 Å². The molecule has 0 saturated heterocycles. The van der Waals surface area contributed by atoms with Crippen molar-refractivity contribution >= 4 is 49.9 Å². The van der Waals surface area contributed by atoms with Gasteiger partial charge in [0.15, 0.2) is 5.78 Å². The van der Waals surface area contributed by atoms with Gasteiger partial charge in [-0.2, -0.15) is 0 Å². The average molecular weight is 391 g/mol. The second-order valence-electron chi connectivity index (χ2n) is 8.77. The minimum absolute atomic E-state index is 0.0311. The number of rotatable bonds is 4. The third kappa shape index (κ3) is 3.06. The van der Waals surface area contributed by atoms with Crippen molar-refractivity contribution in [3.05, 3.63) is 96.1 Å². The molecule has 0 spiro atoms. The van der Waals surface area contributed by atoms with Gasteiger partial charge in [-0.3, -0.25) is 9.28 Å². The maximum absolute atomic E-state index is 13.1. The lowest BCUT2D eigenvalue weighted by Gasteiger charge is -2.23. The Balaban J connectivity index is 1.56. The van der Waals surface area contributed by atoms with Gasteiger partial charge in [-0.1, -0.05) is 54.6 Å². The van der Waals surface area contributed by atoms with Gasteiger partial charge in [0, 0.05) is 5.56 Å². The summed E-state index contributed by atoms with van der Waals surface area (Å²) in [7, 11) is 6.42. The third-order valence-corrected chi connectivity index (χ3v) is 5.89. The smallest absolute Gasteiger partial charge is 0.186 e. The number of carbonyl (C=O) groups excluding carboxylic acids is 1. The maximum atomic E-state index is 13.1. The molecule has 5 rings (SSSR count). The zero-order valence-electron chi connectivity index (χ0n) is 17.5. The lowest BCUT2D eigenvalue weighted by molar-refractivity contribution is 0.104. The van der Waals surface area contributed by atoms with E-state index in [1.165, 1.54) is 32.6 Å². The van der Waals surface area contributed by atoms with Crippen molar-refractivity contribution in [1.29, 1.82) is 0 Å². The van der Waals surface area contributed by atoms with Crippen molar-refractivity contribution in [3.8, 4) is 0 Å². The van der Waals surface area contributed by atoms with E-state index < -0.39 is 0 Å². The van der Waals surface area contributed by atoms with Crippen LogP contribution in [0.4, 0.5) is 5.69 Å². The van der Waals surface area contributed by atoms with Crippen LogP contribution in [0.3, 0.4) is 0 Å². The SMILES string of the molecule is C[N+](C)(C)c1ccc(/C=C/C(=O)c2ccc3ccc4cccc5ccc2c3c45)cc1.